The van der Waals surface area contributed by atoms with Crippen molar-refractivity contribution >= 4 is 17.1 Å². The molecule has 0 amide bonds. The van der Waals surface area contributed by atoms with Crippen LogP contribution in [0.5, 0.6) is 0 Å². The number of carbonyl (C=O) groups is 1. The minimum Gasteiger partial charge on any atom is -0.294 e. The van der Waals surface area contributed by atoms with E-state index in [0.717, 1.165) is 17.1 Å². The predicted octanol–water partition coefficient (Wildman–Crippen LogP) is 5.87. The van der Waals surface area contributed by atoms with E-state index in [4.69, 9.17) is 5.10 Å². The van der Waals surface area contributed by atoms with E-state index in [1.807, 2.05) is 42.1 Å². The van der Waals surface area contributed by atoms with Crippen molar-refractivity contribution in [2.75, 3.05) is 0 Å². The summed E-state index contributed by atoms with van der Waals surface area (Å²) in [7, 11) is 0. The van der Waals surface area contributed by atoms with Crippen LogP contribution in [0.25, 0.3) is 5.69 Å². The second-order valence-electron chi connectivity index (χ2n) is 8.77. The molecule has 4 rings (SSSR count). The molecule has 0 saturated carbocycles. The van der Waals surface area contributed by atoms with Crippen LogP contribution < -0.4 is 0 Å². The van der Waals surface area contributed by atoms with Gasteiger partial charge in [-0.25, -0.2) is 4.68 Å². The summed E-state index contributed by atoms with van der Waals surface area (Å²) >= 11 is 1.66. The van der Waals surface area contributed by atoms with Gasteiger partial charge in [0.2, 0.25) is 0 Å². The van der Waals surface area contributed by atoms with Gasteiger partial charge in [-0.1, -0.05) is 45.9 Å². The Morgan fingerprint density at radius 3 is 2.59 bits per heavy atom. The number of carbonyl (C=O) groups excluding carboxylic acids is 1. The maximum atomic E-state index is 13.1. The van der Waals surface area contributed by atoms with Gasteiger partial charge in [0.1, 0.15) is 0 Å². The molecule has 4 nitrogen and oxygen atoms in total. The summed E-state index contributed by atoms with van der Waals surface area (Å²) in [6, 6.07) is 14.8. The van der Waals surface area contributed by atoms with Crippen molar-refractivity contribution in [1.29, 1.82) is 5.26 Å². The Morgan fingerprint density at radius 1 is 1.28 bits per heavy atom. The first-order chi connectivity index (χ1) is 13.8. The van der Waals surface area contributed by atoms with Crippen LogP contribution in [0.1, 0.15) is 78.1 Å². The fourth-order valence-corrected chi connectivity index (χ4v) is 4.87. The van der Waals surface area contributed by atoms with Crippen LogP contribution >= 0.6 is 11.3 Å². The number of nitrogens with zero attached hydrogens (tertiary/aromatic N) is 3. The molecule has 1 atom stereocenters. The van der Waals surface area contributed by atoms with Crippen molar-refractivity contribution in [2.45, 2.75) is 52.4 Å². The standard InChI is InChI=1S/C24H25N3OS/c1-15(2)16-7-9-17(10-8-16)27-23-19(14-25)24(3,4)13-21(28)22(23)20(26-27)12-18-6-5-11-29-18/h5-11,15,19H,12-13H2,1-4H3. The Balaban J connectivity index is 1.91. The smallest absolute Gasteiger partial charge is 0.167 e. The first-order valence-electron chi connectivity index (χ1n) is 9.99. The fraction of sp³-hybridized carbons (Fsp3) is 0.375. The average molecular weight is 404 g/mol. The lowest BCUT2D eigenvalue weighted by molar-refractivity contribution is 0.0898. The lowest BCUT2D eigenvalue weighted by Crippen LogP contribution is -2.32. The van der Waals surface area contributed by atoms with E-state index in [2.05, 4.69) is 38.1 Å². The summed E-state index contributed by atoms with van der Waals surface area (Å²) < 4.78 is 1.84. The minimum atomic E-state index is -0.422. The van der Waals surface area contributed by atoms with Crippen LogP contribution in [-0.4, -0.2) is 15.6 Å². The topological polar surface area (TPSA) is 58.7 Å². The van der Waals surface area contributed by atoms with Gasteiger partial charge in [0.25, 0.3) is 0 Å². The SMILES string of the molecule is CC(C)c1ccc(-n2nc(Cc3cccs3)c3c2C(C#N)C(C)(C)CC3=O)cc1. The summed E-state index contributed by atoms with van der Waals surface area (Å²) in [5, 5.41) is 16.9. The van der Waals surface area contributed by atoms with Crippen LogP contribution in [0.4, 0.5) is 0 Å². The number of fused-ring (bicyclic) bond motifs is 1. The molecule has 0 N–H and O–H groups in total. The van der Waals surface area contributed by atoms with E-state index >= 15 is 0 Å². The molecule has 0 radical (unpaired) electrons. The highest BCUT2D eigenvalue weighted by Gasteiger charge is 2.44. The molecule has 5 heteroatoms. The molecule has 0 aliphatic heterocycles. The Hall–Kier alpha value is -2.71. The first-order valence-corrected chi connectivity index (χ1v) is 10.9. The molecule has 2 aromatic heterocycles. The van der Waals surface area contributed by atoms with Gasteiger partial charge in [-0.15, -0.1) is 11.3 Å². The van der Waals surface area contributed by atoms with Crippen molar-refractivity contribution in [3.05, 3.63) is 69.2 Å². The Bertz CT molecular complexity index is 1080. The minimum absolute atomic E-state index is 0.0908. The molecule has 1 aliphatic carbocycles. The van der Waals surface area contributed by atoms with Gasteiger partial charge in [0.05, 0.1) is 34.6 Å². The van der Waals surface area contributed by atoms with Crippen LogP contribution in [0.15, 0.2) is 41.8 Å². The first kappa shape index (κ1) is 19.6. The summed E-state index contributed by atoms with van der Waals surface area (Å²) in [4.78, 5) is 14.3. The van der Waals surface area contributed by atoms with Gasteiger partial charge in [0, 0.05) is 17.7 Å². The quantitative estimate of drug-likeness (QED) is 0.547. The van der Waals surface area contributed by atoms with Gasteiger partial charge < -0.3 is 0 Å². The van der Waals surface area contributed by atoms with Gasteiger partial charge in [-0.2, -0.15) is 10.4 Å². The lowest BCUT2D eigenvalue weighted by atomic mass is 9.68. The molecule has 0 bridgehead atoms. The second-order valence-corrected chi connectivity index (χ2v) is 9.80. The van der Waals surface area contributed by atoms with Gasteiger partial charge in [-0.05, 0) is 40.5 Å². The summed E-state index contributed by atoms with van der Waals surface area (Å²) in [6.07, 6.45) is 0.981. The number of aromatic nitrogens is 2. The second kappa shape index (κ2) is 7.27. The van der Waals surface area contributed by atoms with Crippen molar-refractivity contribution in [3.63, 3.8) is 0 Å². The van der Waals surface area contributed by atoms with E-state index < -0.39 is 5.41 Å². The third-order valence-electron chi connectivity index (χ3n) is 5.80. The highest BCUT2D eigenvalue weighted by Crippen LogP contribution is 2.46. The average Bonchev–Trinajstić information content (AvgIpc) is 3.30. The van der Waals surface area contributed by atoms with Crippen molar-refractivity contribution in [1.82, 2.24) is 9.78 Å². The van der Waals surface area contributed by atoms with E-state index in [9.17, 15) is 10.1 Å². The third kappa shape index (κ3) is 3.42. The zero-order chi connectivity index (χ0) is 20.8. The molecule has 0 fully saturated rings. The molecule has 1 aliphatic rings. The highest BCUT2D eigenvalue weighted by atomic mass is 32.1. The maximum Gasteiger partial charge on any atom is 0.167 e. The zero-order valence-electron chi connectivity index (χ0n) is 17.3. The van der Waals surface area contributed by atoms with E-state index in [1.54, 1.807) is 11.3 Å². The number of benzene rings is 1. The molecule has 3 aromatic rings. The molecule has 0 spiro atoms. The maximum absolute atomic E-state index is 13.1. The normalized spacial score (nSPS) is 17.9. The number of ketones is 1. The molecule has 0 saturated heterocycles. The van der Waals surface area contributed by atoms with Gasteiger partial charge in [0.15, 0.2) is 5.78 Å². The summed E-state index contributed by atoms with van der Waals surface area (Å²) in [5.74, 6) is 0.148. The molecular weight excluding hydrogens is 378 g/mol. The van der Waals surface area contributed by atoms with Crippen molar-refractivity contribution < 1.29 is 4.79 Å². The van der Waals surface area contributed by atoms with Crippen molar-refractivity contribution in [3.8, 4) is 11.8 Å². The largest absolute Gasteiger partial charge is 0.294 e. The number of Topliss-reactive ketones (excluding diaryl/α,β-unsaturated/α-hetero) is 1. The number of hydrogen-bond acceptors (Lipinski definition) is 4. The Kier molecular flexibility index (Phi) is 4.92. The molecule has 1 unspecified atom stereocenters. The highest BCUT2D eigenvalue weighted by molar-refractivity contribution is 7.09. The Labute approximate surface area is 175 Å². The van der Waals surface area contributed by atoms with Crippen molar-refractivity contribution in [2.24, 2.45) is 5.41 Å². The van der Waals surface area contributed by atoms with Gasteiger partial charge in [-0.3, -0.25) is 4.79 Å². The molecule has 29 heavy (non-hydrogen) atoms. The van der Waals surface area contributed by atoms with E-state index in [-0.39, 0.29) is 11.7 Å². The number of rotatable bonds is 4. The zero-order valence-corrected chi connectivity index (χ0v) is 18.1. The van der Waals surface area contributed by atoms with Crippen LogP contribution in [0.3, 0.4) is 0 Å². The molecule has 148 valence electrons. The number of hydrogen-bond donors (Lipinski definition) is 0. The van der Waals surface area contributed by atoms with Crippen LogP contribution in [0, 0.1) is 16.7 Å². The Morgan fingerprint density at radius 2 is 2.00 bits per heavy atom. The number of nitriles is 1. The number of thiophene rings is 1. The van der Waals surface area contributed by atoms with Crippen LogP contribution in [0.2, 0.25) is 0 Å². The lowest BCUT2D eigenvalue weighted by Gasteiger charge is -2.34. The monoisotopic (exact) mass is 403 g/mol. The molecular formula is C24H25N3OS. The third-order valence-corrected chi connectivity index (χ3v) is 6.68. The summed E-state index contributed by atoms with van der Waals surface area (Å²) in [6.45, 7) is 8.33. The fourth-order valence-electron chi connectivity index (χ4n) is 4.16. The van der Waals surface area contributed by atoms with Gasteiger partial charge >= 0.3 is 0 Å². The van der Waals surface area contributed by atoms with E-state index in [0.29, 0.717) is 24.3 Å². The van der Waals surface area contributed by atoms with E-state index in [1.165, 1.54) is 10.4 Å². The predicted molar refractivity (Wildman–Crippen MR) is 116 cm³/mol. The molecule has 2 heterocycles. The molecule has 1 aromatic carbocycles. The van der Waals surface area contributed by atoms with Crippen LogP contribution in [-0.2, 0) is 6.42 Å². The summed E-state index contributed by atoms with van der Waals surface area (Å²) in [5.41, 5.74) is 3.90.